The van der Waals surface area contributed by atoms with Gasteiger partial charge in [-0.3, -0.25) is 9.59 Å². The SMILES string of the molecule is CN(CC(=O)N1CC[C@](C)(C(=O)O)C1)S(C)(=O)=O. The highest BCUT2D eigenvalue weighted by atomic mass is 32.2. The largest absolute Gasteiger partial charge is 0.481 e. The van der Waals surface area contributed by atoms with Gasteiger partial charge in [-0.2, -0.15) is 4.31 Å². The number of hydrogen-bond acceptors (Lipinski definition) is 4. The van der Waals surface area contributed by atoms with Gasteiger partial charge in [0.2, 0.25) is 15.9 Å². The number of nitrogens with zero attached hydrogens (tertiary/aromatic N) is 2. The second-order valence-electron chi connectivity index (χ2n) is 4.95. The number of carboxylic acid groups (broad SMARTS) is 1. The average molecular weight is 278 g/mol. The fraction of sp³-hybridized carbons (Fsp3) is 0.800. The normalized spacial score (nSPS) is 24.6. The lowest BCUT2D eigenvalue weighted by atomic mass is 9.90. The molecule has 0 saturated carbocycles. The number of likely N-dealkylation sites (tertiary alicyclic amines) is 1. The first-order valence-electron chi connectivity index (χ1n) is 5.49. The van der Waals surface area contributed by atoms with Crippen LogP contribution in [-0.4, -0.2) is 67.5 Å². The molecule has 0 radical (unpaired) electrons. The summed E-state index contributed by atoms with van der Waals surface area (Å²) >= 11 is 0. The van der Waals surface area contributed by atoms with Crippen molar-refractivity contribution in [3.63, 3.8) is 0 Å². The molecule has 0 spiro atoms. The van der Waals surface area contributed by atoms with E-state index in [0.717, 1.165) is 10.6 Å². The molecule has 1 atom stereocenters. The molecule has 8 heteroatoms. The van der Waals surface area contributed by atoms with Crippen LogP contribution in [0.4, 0.5) is 0 Å². The lowest BCUT2D eigenvalue weighted by Gasteiger charge is -2.22. The monoisotopic (exact) mass is 278 g/mol. The number of amides is 1. The van der Waals surface area contributed by atoms with E-state index in [2.05, 4.69) is 0 Å². The molecule has 1 aliphatic heterocycles. The Morgan fingerprint density at radius 1 is 1.44 bits per heavy atom. The third-order valence-electron chi connectivity index (χ3n) is 3.27. The Bertz CT molecular complexity index is 461. The number of carbonyl (C=O) groups is 2. The average Bonchev–Trinajstić information content (AvgIpc) is 2.61. The van der Waals surface area contributed by atoms with Crippen LogP contribution in [0.2, 0.25) is 0 Å². The highest BCUT2D eigenvalue weighted by molar-refractivity contribution is 7.88. The van der Waals surface area contributed by atoms with Crippen LogP contribution >= 0.6 is 0 Å². The molecule has 1 N–H and O–H groups in total. The predicted octanol–water partition coefficient (Wildman–Crippen LogP) is -0.799. The Morgan fingerprint density at radius 2 is 2.00 bits per heavy atom. The third kappa shape index (κ3) is 3.20. The van der Waals surface area contributed by atoms with Crippen molar-refractivity contribution in [2.24, 2.45) is 5.41 Å². The van der Waals surface area contributed by atoms with Gasteiger partial charge in [-0.15, -0.1) is 0 Å². The van der Waals surface area contributed by atoms with E-state index < -0.39 is 21.4 Å². The quantitative estimate of drug-likeness (QED) is 0.726. The van der Waals surface area contributed by atoms with Crippen LogP contribution in [0.25, 0.3) is 0 Å². The smallest absolute Gasteiger partial charge is 0.311 e. The van der Waals surface area contributed by atoms with Gasteiger partial charge < -0.3 is 10.0 Å². The number of aliphatic carboxylic acids is 1. The molecule has 1 rings (SSSR count). The van der Waals surface area contributed by atoms with Crippen molar-refractivity contribution in [1.82, 2.24) is 9.21 Å². The zero-order valence-electron chi connectivity index (χ0n) is 10.7. The van der Waals surface area contributed by atoms with Crippen molar-refractivity contribution in [2.75, 3.05) is 32.9 Å². The molecular weight excluding hydrogens is 260 g/mol. The van der Waals surface area contributed by atoms with Crippen LogP contribution in [0.1, 0.15) is 13.3 Å². The second-order valence-corrected chi connectivity index (χ2v) is 7.04. The standard InChI is InChI=1S/C10H18N2O5S/c1-10(9(14)15)4-5-12(7-10)8(13)6-11(2)18(3,16)17/h4-7H2,1-3H3,(H,14,15)/t10-/m0/s1. The van der Waals surface area contributed by atoms with Crippen LogP contribution in [0.5, 0.6) is 0 Å². The van der Waals surface area contributed by atoms with Gasteiger partial charge in [0.25, 0.3) is 0 Å². The number of likely N-dealkylation sites (N-methyl/N-ethyl adjacent to an activating group) is 1. The van der Waals surface area contributed by atoms with Gasteiger partial charge in [0.1, 0.15) is 0 Å². The lowest BCUT2D eigenvalue weighted by molar-refractivity contribution is -0.147. The van der Waals surface area contributed by atoms with Crippen LogP contribution in [0, 0.1) is 5.41 Å². The summed E-state index contributed by atoms with van der Waals surface area (Å²) in [5.74, 6) is -1.30. The zero-order valence-corrected chi connectivity index (χ0v) is 11.5. The molecule has 0 aliphatic carbocycles. The van der Waals surface area contributed by atoms with Gasteiger partial charge in [0.05, 0.1) is 18.2 Å². The lowest BCUT2D eigenvalue weighted by Crippen LogP contribution is -2.41. The summed E-state index contributed by atoms with van der Waals surface area (Å²) in [5, 5.41) is 9.04. The fourth-order valence-electron chi connectivity index (χ4n) is 1.76. The minimum Gasteiger partial charge on any atom is -0.481 e. The zero-order chi connectivity index (χ0) is 14.1. The second kappa shape index (κ2) is 4.85. The molecule has 0 aromatic heterocycles. The van der Waals surface area contributed by atoms with Gasteiger partial charge in [0, 0.05) is 20.1 Å². The number of rotatable bonds is 4. The van der Waals surface area contributed by atoms with E-state index in [1.165, 1.54) is 11.9 Å². The maximum absolute atomic E-state index is 11.8. The topological polar surface area (TPSA) is 95.0 Å². The van der Waals surface area contributed by atoms with Crippen molar-refractivity contribution in [1.29, 1.82) is 0 Å². The van der Waals surface area contributed by atoms with E-state index in [-0.39, 0.29) is 19.0 Å². The first-order chi connectivity index (χ1) is 8.06. The van der Waals surface area contributed by atoms with E-state index >= 15 is 0 Å². The van der Waals surface area contributed by atoms with Crippen molar-refractivity contribution >= 4 is 21.9 Å². The Morgan fingerprint density at radius 3 is 2.39 bits per heavy atom. The summed E-state index contributed by atoms with van der Waals surface area (Å²) in [4.78, 5) is 24.3. The molecule has 1 saturated heterocycles. The van der Waals surface area contributed by atoms with Crippen molar-refractivity contribution in [3.05, 3.63) is 0 Å². The first kappa shape index (κ1) is 14.9. The number of carboxylic acids is 1. The third-order valence-corrected chi connectivity index (χ3v) is 4.53. The van der Waals surface area contributed by atoms with Crippen molar-refractivity contribution in [2.45, 2.75) is 13.3 Å². The van der Waals surface area contributed by atoms with E-state index in [1.807, 2.05) is 0 Å². The summed E-state index contributed by atoms with van der Waals surface area (Å²) in [5.41, 5.74) is -0.931. The van der Waals surface area contributed by atoms with Crippen LogP contribution in [0.3, 0.4) is 0 Å². The van der Waals surface area contributed by atoms with E-state index in [9.17, 15) is 18.0 Å². The summed E-state index contributed by atoms with van der Waals surface area (Å²) in [6.45, 7) is 1.80. The molecule has 0 aromatic carbocycles. The molecule has 0 bridgehead atoms. The highest BCUT2D eigenvalue weighted by Gasteiger charge is 2.42. The van der Waals surface area contributed by atoms with E-state index in [4.69, 9.17) is 5.11 Å². The van der Waals surface area contributed by atoms with Gasteiger partial charge >= 0.3 is 5.97 Å². The van der Waals surface area contributed by atoms with Crippen molar-refractivity contribution in [3.8, 4) is 0 Å². The molecule has 0 aromatic rings. The summed E-state index contributed by atoms with van der Waals surface area (Å²) in [7, 11) is -2.08. The minimum atomic E-state index is -3.40. The Labute approximate surface area is 106 Å². The van der Waals surface area contributed by atoms with Gasteiger partial charge in [-0.1, -0.05) is 0 Å². The van der Waals surface area contributed by atoms with Crippen LogP contribution in [-0.2, 0) is 19.6 Å². The summed E-state index contributed by atoms with van der Waals surface area (Å²) in [6, 6.07) is 0. The molecule has 1 heterocycles. The molecule has 1 amide bonds. The van der Waals surface area contributed by atoms with E-state index in [0.29, 0.717) is 13.0 Å². The number of carbonyl (C=O) groups excluding carboxylic acids is 1. The molecule has 104 valence electrons. The van der Waals surface area contributed by atoms with E-state index in [1.54, 1.807) is 6.92 Å². The molecule has 0 unspecified atom stereocenters. The number of hydrogen-bond donors (Lipinski definition) is 1. The highest BCUT2D eigenvalue weighted by Crippen LogP contribution is 2.30. The van der Waals surface area contributed by atoms with Gasteiger partial charge in [-0.25, -0.2) is 8.42 Å². The van der Waals surface area contributed by atoms with Crippen molar-refractivity contribution < 1.29 is 23.1 Å². The van der Waals surface area contributed by atoms with Gasteiger partial charge in [-0.05, 0) is 13.3 Å². The van der Waals surface area contributed by atoms with Crippen LogP contribution < -0.4 is 0 Å². The predicted molar refractivity (Wildman–Crippen MR) is 64.4 cm³/mol. The molecule has 1 aliphatic rings. The minimum absolute atomic E-state index is 0.124. The molecule has 18 heavy (non-hydrogen) atoms. The molecule has 1 fully saturated rings. The van der Waals surface area contributed by atoms with Gasteiger partial charge in [0.15, 0.2) is 0 Å². The Kier molecular flexibility index (Phi) is 4.02. The summed E-state index contributed by atoms with van der Waals surface area (Å²) < 4.78 is 23.3. The molecular formula is C10H18N2O5S. The number of sulfonamides is 1. The Hall–Kier alpha value is -1.15. The maximum atomic E-state index is 11.8. The van der Waals surface area contributed by atoms with Crippen LogP contribution in [0.15, 0.2) is 0 Å². The fourth-order valence-corrected chi connectivity index (χ4v) is 2.10. The maximum Gasteiger partial charge on any atom is 0.311 e. The summed E-state index contributed by atoms with van der Waals surface area (Å²) in [6.07, 6.45) is 1.41. The Balaban J connectivity index is 2.64. The first-order valence-corrected chi connectivity index (χ1v) is 7.33. The molecule has 7 nitrogen and oxygen atoms in total.